The van der Waals surface area contributed by atoms with E-state index in [9.17, 15) is 5.26 Å². The summed E-state index contributed by atoms with van der Waals surface area (Å²) in [5.74, 6) is 3.66. The molecule has 5 rings (SSSR count). The van der Waals surface area contributed by atoms with E-state index >= 15 is 0 Å². The largest absolute Gasteiger partial charge is 0.436 e. The van der Waals surface area contributed by atoms with Gasteiger partial charge in [-0.1, -0.05) is 83.8 Å². The first-order valence-corrected chi connectivity index (χ1v) is 11.8. The van der Waals surface area contributed by atoms with Crippen molar-refractivity contribution in [3.8, 4) is 40.9 Å². The molecule has 4 heteroatoms. The van der Waals surface area contributed by atoms with Crippen LogP contribution in [-0.2, 0) is 6.54 Å². The molecule has 4 nitrogen and oxygen atoms in total. The number of aryl methyl sites for hydroxylation is 2. The van der Waals surface area contributed by atoms with Gasteiger partial charge < -0.3 is 8.98 Å². The second kappa shape index (κ2) is 9.45. The number of hydrogen-bond acceptors (Lipinski definition) is 3. The number of para-hydroxylation sites is 1. The highest BCUT2D eigenvalue weighted by molar-refractivity contribution is 6.02. The second-order valence-corrected chi connectivity index (χ2v) is 8.89. The van der Waals surface area contributed by atoms with Gasteiger partial charge in [-0.15, -0.1) is 6.42 Å². The van der Waals surface area contributed by atoms with Crippen LogP contribution < -0.4 is 0 Å². The Balaban J connectivity index is 1.70. The molecule has 174 valence electrons. The first kappa shape index (κ1) is 23.0. The molecule has 0 N–H and O–H groups in total. The highest BCUT2D eigenvalue weighted by atomic mass is 16.4. The first-order chi connectivity index (χ1) is 17.5. The average Bonchev–Trinajstić information content (AvgIpc) is 3.39. The summed E-state index contributed by atoms with van der Waals surface area (Å²) in [7, 11) is 0. The van der Waals surface area contributed by atoms with Crippen LogP contribution in [0.2, 0.25) is 0 Å². The van der Waals surface area contributed by atoms with E-state index in [1.165, 1.54) is 0 Å². The molecule has 0 unspecified atom stereocenters. The Labute approximate surface area is 211 Å². The fraction of sp³-hybridized carbons (Fsp3) is 0.125. The summed E-state index contributed by atoms with van der Waals surface area (Å²) in [5, 5.41) is 11.3. The van der Waals surface area contributed by atoms with Crippen LogP contribution in [0.15, 0.2) is 82.2 Å². The number of terminal acetylenes is 1. The normalized spacial score (nSPS) is 11.1. The van der Waals surface area contributed by atoms with E-state index in [-0.39, 0.29) is 5.88 Å². The van der Waals surface area contributed by atoms with Gasteiger partial charge >= 0.3 is 0 Å². The van der Waals surface area contributed by atoms with Gasteiger partial charge in [0, 0.05) is 39.5 Å². The molecule has 2 aromatic heterocycles. The zero-order valence-electron chi connectivity index (χ0n) is 20.5. The van der Waals surface area contributed by atoms with Gasteiger partial charge in [0.1, 0.15) is 17.4 Å². The van der Waals surface area contributed by atoms with Crippen molar-refractivity contribution < 1.29 is 4.42 Å². The van der Waals surface area contributed by atoms with E-state index in [2.05, 4.69) is 28.7 Å². The quantitative estimate of drug-likeness (QED) is 0.196. The second-order valence-electron chi connectivity index (χ2n) is 8.89. The van der Waals surface area contributed by atoms with Crippen molar-refractivity contribution in [1.82, 2.24) is 4.57 Å². The minimum absolute atomic E-state index is 0.289. The molecule has 0 saturated heterocycles. The number of aromatic nitrogens is 1. The SMILES string of the molecule is C#CCn1c(C)c(C=Nc2oc(-c3ccc(C)cc3)c(-c3ccc(C)cc3)c2C#N)c2ccccc21. The third-order valence-electron chi connectivity index (χ3n) is 6.50. The van der Waals surface area contributed by atoms with Gasteiger partial charge in [-0.25, -0.2) is 4.99 Å². The molecule has 0 aliphatic rings. The van der Waals surface area contributed by atoms with Crippen LogP contribution in [0.1, 0.15) is 27.9 Å². The van der Waals surface area contributed by atoms with Crippen molar-refractivity contribution in [1.29, 1.82) is 5.26 Å². The van der Waals surface area contributed by atoms with E-state index in [0.29, 0.717) is 17.9 Å². The van der Waals surface area contributed by atoms with Crippen molar-refractivity contribution in [3.63, 3.8) is 0 Å². The smallest absolute Gasteiger partial charge is 0.238 e. The Bertz CT molecular complexity index is 1680. The third-order valence-corrected chi connectivity index (χ3v) is 6.50. The van der Waals surface area contributed by atoms with Gasteiger partial charge in [0.25, 0.3) is 0 Å². The Hall–Kier alpha value is -4.80. The number of nitriles is 1. The van der Waals surface area contributed by atoms with E-state index in [4.69, 9.17) is 15.8 Å². The maximum Gasteiger partial charge on any atom is 0.238 e. The Morgan fingerprint density at radius 1 is 0.917 bits per heavy atom. The number of nitrogens with zero attached hydrogens (tertiary/aromatic N) is 3. The van der Waals surface area contributed by atoms with Crippen molar-refractivity contribution in [3.05, 3.63) is 101 Å². The van der Waals surface area contributed by atoms with Gasteiger partial charge in [0.15, 0.2) is 0 Å². The predicted molar refractivity (Wildman–Crippen MR) is 147 cm³/mol. The first-order valence-electron chi connectivity index (χ1n) is 11.8. The fourth-order valence-electron chi connectivity index (χ4n) is 4.56. The lowest BCUT2D eigenvalue weighted by Crippen LogP contribution is -1.98. The molecule has 0 radical (unpaired) electrons. The molecule has 0 spiro atoms. The minimum atomic E-state index is 0.289. The average molecular weight is 468 g/mol. The van der Waals surface area contributed by atoms with E-state index in [1.807, 2.05) is 81.4 Å². The van der Waals surface area contributed by atoms with Gasteiger partial charge in [0.2, 0.25) is 5.88 Å². The van der Waals surface area contributed by atoms with Gasteiger partial charge in [0.05, 0.1) is 6.54 Å². The number of fused-ring (bicyclic) bond motifs is 1. The van der Waals surface area contributed by atoms with Crippen LogP contribution >= 0.6 is 0 Å². The van der Waals surface area contributed by atoms with E-state index < -0.39 is 0 Å². The molecule has 0 fully saturated rings. The van der Waals surface area contributed by atoms with Crippen molar-refractivity contribution in [2.75, 3.05) is 0 Å². The summed E-state index contributed by atoms with van der Waals surface area (Å²) in [6, 6.07) is 26.7. The lowest BCUT2D eigenvalue weighted by Gasteiger charge is -2.05. The van der Waals surface area contributed by atoms with Crippen molar-refractivity contribution in [2.24, 2.45) is 4.99 Å². The molecule has 0 saturated carbocycles. The lowest BCUT2D eigenvalue weighted by molar-refractivity contribution is 0.593. The van der Waals surface area contributed by atoms with Crippen LogP contribution in [0.4, 0.5) is 5.88 Å². The monoisotopic (exact) mass is 467 g/mol. The van der Waals surface area contributed by atoms with Crippen LogP contribution in [0.3, 0.4) is 0 Å². The summed E-state index contributed by atoms with van der Waals surface area (Å²) in [4.78, 5) is 4.72. The van der Waals surface area contributed by atoms with Crippen molar-refractivity contribution >= 4 is 23.0 Å². The molecule has 5 aromatic rings. The molecule has 2 heterocycles. The topological polar surface area (TPSA) is 54.2 Å². The highest BCUT2D eigenvalue weighted by Crippen LogP contribution is 2.42. The molecular formula is C32H25N3O. The standard InChI is InChI=1S/C32H25N3O/c1-5-18-35-23(4)28(26-8-6-7-9-29(26)35)20-34-32-27(19-33)30(24-14-10-21(2)11-15-24)31(36-32)25-16-12-22(3)13-17-25/h1,6-17,20H,18H2,2-4H3. The minimum Gasteiger partial charge on any atom is -0.436 e. The Morgan fingerprint density at radius 2 is 1.56 bits per heavy atom. The maximum absolute atomic E-state index is 10.2. The number of aliphatic imine (C=N–C) groups is 1. The third kappa shape index (κ3) is 4.00. The Morgan fingerprint density at radius 3 is 2.19 bits per heavy atom. The molecule has 0 bridgehead atoms. The van der Waals surface area contributed by atoms with E-state index in [0.717, 1.165) is 50.0 Å². The molecule has 0 amide bonds. The predicted octanol–water partition coefficient (Wildman–Crippen LogP) is 7.75. The highest BCUT2D eigenvalue weighted by Gasteiger charge is 2.23. The number of rotatable bonds is 5. The molecule has 0 aliphatic heterocycles. The molecule has 0 aliphatic carbocycles. The number of furan rings is 1. The summed E-state index contributed by atoms with van der Waals surface area (Å²) in [5.41, 5.74) is 8.30. The summed E-state index contributed by atoms with van der Waals surface area (Å²) < 4.78 is 8.41. The Kier molecular flexibility index (Phi) is 6.03. The summed E-state index contributed by atoms with van der Waals surface area (Å²) >= 11 is 0. The lowest BCUT2D eigenvalue weighted by atomic mass is 9.97. The molecular weight excluding hydrogens is 442 g/mol. The zero-order valence-corrected chi connectivity index (χ0v) is 20.5. The van der Waals surface area contributed by atoms with Gasteiger partial charge in [-0.05, 0) is 32.4 Å². The van der Waals surface area contributed by atoms with Crippen molar-refractivity contribution in [2.45, 2.75) is 27.3 Å². The van der Waals surface area contributed by atoms with Crippen LogP contribution in [-0.4, -0.2) is 10.8 Å². The van der Waals surface area contributed by atoms with Crippen LogP contribution in [0, 0.1) is 44.4 Å². The van der Waals surface area contributed by atoms with Gasteiger partial charge in [-0.2, -0.15) is 5.26 Å². The molecule has 3 aromatic carbocycles. The zero-order chi connectivity index (χ0) is 25.2. The number of hydrogen-bond donors (Lipinski definition) is 0. The van der Waals surface area contributed by atoms with Crippen LogP contribution in [0.25, 0.3) is 33.4 Å². The fourth-order valence-corrected chi connectivity index (χ4v) is 4.56. The maximum atomic E-state index is 10.2. The number of benzene rings is 3. The van der Waals surface area contributed by atoms with Gasteiger partial charge in [-0.3, -0.25) is 0 Å². The molecule has 36 heavy (non-hydrogen) atoms. The summed E-state index contributed by atoms with van der Waals surface area (Å²) in [6.07, 6.45) is 7.41. The molecule has 0 atom stereocenters. The van der Waals surface area contributed by atoms with E-state index in [1.54, 1.807) is 6.21 Å². The van der Waals surface area contributed by atoms with Crippen LogP contribution in [0.5, 0.6) is 0 Å². The summed E-state index contributed by atoms with van der Waals surface area (Å²) in [6.45, 7) is 6.59.